The largest absolute Gasteiger partial charge is 0.340 e. The summed E-state index contributed by atoms with van der Waals surface area (Å²) in [5, 5.41) is 3.36. The molecule has 2 saturated heterocycles. The lowest BCUT2D eigenvalue weighted by Gasteiger charge is -2.37. The second-order valence-corrected chi connectivity index (χ2v) is 7.28. The van der Waals surface area contributed by atoms with E-state index in [1.54, 1.807) is 0 Å². The Kier molecular flexibility index (Phi) is 5.39. The Balaban J connectivity index is 1.82. The molecule has 0 spiro atoms. The van der Waals surface area contributed by atoms with Gasteiger partial charge in [-0.15, -0.1) is 0 Å². The third-order valence-electron chi connectivity index (χ3n) is 4.69. The number of carbonyl (C=O) groups excluding carboxylic acids is 1. The van der Waals surface area contributed by atoms with E-state index in [0.29, 0.717) is 6.04 Å². The van der Waals surface area contributed by atoms with Crippen LogP contribution in [0.5, 0.6) is 0 Å². The second-order valence-electron chi connectivity index (χ2n) is 6.06. The maximum Gasteiger partial charge on any atom is 0.244 e. The van der Waals surface area contributed by atoms with Crippen LogP contribution in [0.4, 0.5) is 0 Å². The van der Waals surface area contributed by atoms with Gasteiger partial charge in [-0.05, 0) is 18.5 Å². The quantitative estimate of drug-likeness (QED) is 0.914. The molecule has 1 aromatic carbocycles. The minimum absolute atomic E-state index is 0.132. The highest BCUT2D eigenvalue weighted by Gasteiger charge is 2.34. The van der Waals surface area contributed by atoms with Crippen molar-refractivity contribution in [3.05, 3.63) is 35.9 Å². The number of carbonyl (C=O) groups is 1. The van der Waals surface area contributed by atoms with Gasteiger partial charge in [-0.3, -0.25) is 9.69 Å². The van der Waals surface area contributed by atoms with Gasteiger partial charge in [0.15, 0.2) is 0 Å². The van der Waals surface area contributed by atoms with Crippen LogP contribution in [-0.4, -0.2) is 66.5 Å². The number of hydrogen-bond acceptors (Lipinski definition) is 4. The van der Waals surface area contributed by atoms with E-state index in [2.05, 4.69) is 22.3 Å². The van der Waals surface area contributed by atoms with E-state index in [4.69, 9.17) is 0 Å². The predicted octanol–water partition coefficient (Wildman–Crippen LogP) is 1.60. The summed E-state index contributed by atoms with van der Waals surface area (Å²) >= 11 is 1.98. The Labute approximate surface area is 137 Å². The van der Waals surface area contributed by atoms with Crippen LogP contribution in [0.3, 0.4) is 0 Å². The molecule has 120 valence electrons. The van der Waals surface area contributed by atoms with E-state index < -0.39 is 0 Å². The average Bonchev–Trinajstić information content (AvgIpc) is 3.11. The first-order chi connectivity index (χ1) is 10.8. The third-order valence-corrected chi connectivity index (χ3v) is 5.63. The molecule has 2 unspecified atom stereocenters. The van der Waals surface area contributed by atoms with Crippen LogP contribution in [0.15, 0.2) is 30.3 Å². The van der Waals surface area contributed by atoms with Gasteiger partial charge in [-0.2, -0.15) is 11.8 Å². The van der Waals surface area contributed by atoms with Gasteiger partial charge in [0, 0.05) is 44.2 Å². The molecule has 2 aliphatic heterocycles. The highest BCUT2D eigenvalue weighted by Crippen LogP contribution is 2.27. The van der Waals surface area contributed by atoms with Crippen molar-refractivity contribution in [2.75, 3.05) is 44.7 Å². The molecule has 5 heteroatoms. The molecule has 2 atom stereocenters. The van der Waals surface area contributed by atoms with Crippen LogP contribution in [0, 0.1) is 0 Å². The first kappa shape index (κ1) is 15.8. The van der Waals surface area contributed by atoms with Crippen molar-refractivity contribution in [3.63, 3.8) is 0 Å². The molecular weight excluding hydrogens is 294 g/mol. The van der Waals surface area contributed by atoms with E-state index in [1.807, 2.05) is 41.9 Å². The number of benzene rings is 1. The fourth-order valence-corrected chi connectivity index (χ4v) is 4.25. The first-order valence-corrected chi connectivity index (χ1v) is 9.27. The number of nitrogens with zero attached hydrogens (tertiary/aromatic N) is 2. The van der Waals surface area contributed by atoms with Crippen LogP contribution in [0.25, 0.3) is 0 Å². The second kappa shape index (κ2) is 7.49. The van der Waals surface area contributed by atoms with E-state index in [9.17, 15) is 4.79 Å². The molecule has 3 rings (SSSR count). The highest BCUT2D eigenvalue weighted by atomic mass is 32.2. The Morgan fingerprint density at radius 2 is 2.05 bits per heavy atom. The van der Waals surface area contributed by atoms with Gasteiger partial charge in [0.2, 0.25) is 5.91 Å². The van der Waals surface area contributed by atoms with Gasteiger partial charge < -0.3 is 10.2 Å². The normalized spacial score (nSPS) is 24.1. The molecule has 1 N–H and O–H groups in total. The van der Waals surface area contributed by atoms with Gasteiger partial charge in [-0.1, -0.05) is 30.3 Å². The summed E-state index contributed by atoms with van der Waals surface area (Å²) in [6.07, 6.45) is 1.06. The predicted molar refractivity (Wildman–Crippen MR) is 92.1 cm³/mol. The number of hydrogen-bond donors (Lipinski definition) is 1. The summed E-state index contributed by atoms with van der Waals surface area (Å²) in [6, 6.07) is 10.5. The summed E-state index contributed by atoms with van der Waals surface area (Å²) in [5.41, 5.74) is 1.12. The molecule has 2 aliphatic rings. The minimum atomic E-state index is -0.132. The van der Waals surface area contributed by atoms with Gasteiger partial charge in [0.1, 0.15) is 6.04 Å². The summed E-state index contributed by atoms with van der Waals surface area (Å²) < 4.78 is 0. The van der Waals surface area contributed by atoms with Crippen LogP contribution in [-0.2, 0) is 4.79 Å². The zero-order valence-corrected chi connectivity index (χ0v) is 14.0. The Hall–Kier alpha value is -1.04. The lowest BCUT2D eigenvalue weighted by molar-refractivity contribution is -0.137. The standard InChI is InChI=1S/C17H25N3OS/c1-19(15-7-8-18-13-15)17(21)16(14-5-3-2-4-6-14)20-9-11-22-12-10-20/h2-6,15-16,18H,7-13H2,1H3. The van der Waals surface area contributed by atoms with Crippen LogP contribution in [0.1, 0.15) is 18.0 Å². The first-order valence-electron chi connectivity index (χ1n) is 8.11. The van der Waals surface area contributed by atoms with Crippen LogP contribution in [0.2, 0.25) is 0 Å². The molecule has 1 aromatic rings. The van der Waals surface area contributed by atoms with Crippen molar-refractivity contribution in [2.24, 2.45) is 0 Å². The van der Waals surface area contributed by atoms with Crippen molar-refractivity contribution < 1.29 is 4.79 Å². The van der Waals surface area contributed by atoms with E-state index in [-0.39, 0.29) is 11.9 Å². The van der Waals surface area contributed by atoms with Crippen LogP contribution < -0.4 is 5.32 Å². The van der Waals surface area contributed by atoms with E-state index >= 15 is 0 Å². The van der Waals surface area contributed by atoms with Crippen LogP contribution >= 0.6 is 11.8 Å². The molecule has 1 amide bonds. The number of thioether (sulfide) groups is 1. The van der Waals surface area contributed by atoms with Gasteiger partial charge in [0.25, 0.3) is 0 Å². The van der Waals surface area contributed by atoms with E-state index in [1.165, 1.54) is 0 Å². The van der Waals surface area contributed by atoms with Gasteiger partial charge in [-0.25, -0.2) is 0 Å². The summed E-state index contributed by atoms with van der Waals surface area (Å²) in [6.45, 7) is 3.91. The number of likely N-dealkylation sites (N-methyl/N-ethyl adjacent to an activating group) is 1. The minimum Gasteiger partial charge on any atom is -0.340 e. The average molecular weight is 319 g/mol. The summed E-state index contributed by atoms with van der Waals surface area (Å²) in [4.78, 5) is 17.5. The molecule has 0 aromatic heterocycles. The van der Waals surface area contributed by atoms with Crippen molar-refractivity contribution in [2.45, 2.75) is 18.5 Å². The zero-order valence-electron chi connectivity index (χ0n) is 13.2. The maximum absolute atomic E-state index is 13.2. The molecule has 22 heavy (non-hydrogen) atoms. The Morgan fingerprint density at radius 3 is 2.68 bits per heavy atom. The Bertz CT molecular complexity index is 484. The maximum atomic E-state index is 13.2. The smallest absolute Gasteiger partial charge is 0.244 e. The number of amides is 1. The molecule has 4 nitrogen and oxygen atoms in total. The van der Waals surface area contributed by atoms with E-state index in [0.717, 1.165) is 49.7 Å². The number of nitrogens with one attached hydrogen (secondary N) is 1. The summed E-state index contributed by atoms with van der Waals surface area (Å²) in [7, 11) is 1.97. The highest BCUT2D eigenvalue weighted by molar-refractivity contribution is 7.99. The lowest BCUT2D eigenvalue weighted by Crippen LogP contribution is -2.48. The topological polar surface area (TPSA) is 35.6 Å². The SMILES string of the molecule is CN(C(=O)C(c1ccccc1)N1CCSCC1)C1CCNC1. The Morgan fingerprint density at radius 1 is 1.32 bits per heavy atom. The molecule has 2 fully saturated rings. The molecule has 0 aliphatic carbocycles. The monoisotopic (exact) mass is 319 g/mol. The molecular formula is C17H25N3OS. The third kappa shape index (κ3) is 3.47. The van der Waals surface area contributed by atoms with Gasteiger partial charge >= 0.3 is 0 Å². The molecule has 0 bridgehead atoms. The van der Waals surface area contributed by atoms with Gasteiger partial charge in [0.05, 0.1) is 0 Å². The molecule has 0 saturated carbocycles. The fraction of sp³-hybridized carbons (Fsp3) is 0.588. The van der Waals surface area contributed by atoms with Crippen molar-refractivity contribution >= 4 is 17.7 Å². The van der Waals surface area contributed by atoms with Crippen molar-refractivity contribution in [3.8, 4) is 0 Å². The fourth-order valence-electron chi connectivity index (χ4n) is 3.32. The molecule has 0 radical (unpaired) electrons. The molecule has 2 heterocycles. The zero-order chi connectivity index (χ0) is 15.4. The van der Waals surface area contributed by atoms with Crippen molar-refractivity contribution in [1.82, 2.24) is 15.1 Å². The number of rotatable bonds is 4. The summed E-state index contributed by atoms with van der Waals surface area (Å²) in [5.74, 6) is 2.48. The lowest BCUT2D eigenvalue weighted by atomic mass is 10.0. The van der Waals surface area contributed by atoms with Crippen molar-refractivity contribution in [1.29, 1.82) is 0 Å².